The number of rotatable bonds is 6. The first kappa shape index (κ1) is 18.5. The van der Waals surface area contributed by atoms with E-state index >= 15 is 0 Å². The third-order valence-corrected chi connectivity index (χ3v) is 4.94. The van der Waals surface area contributed by atoms with Gasteiger partial charge >= 0.3 is 5.97 Å². The normalized spacial score (nSPS) is 11.2. The molecule has 0 amide bonds. The average molecular weight is 366 g/mol. The SMILES string of the molecule is COc1ccc(CC(=O)O)cc1S(=O)(=O)Nc1cn(C)c(=O)cc1C. The van der Waals surface area contributed by atoms with Crippen LogP contribution in [0.25, 0.3) is 0 Å². The molecule has 0 spiro atoms. The quantitative estimate of drug-likeness (QED) is 0.792. The molecular formula is C16H18N2O6S. The lowest BCUT2D eigenvalue weighted by Gasteiger charge is -2.14. The molecule has 0 atom stereocenters. The monoisotopic (exact) mass is 366 g/mol. The number of pyridine rings is 1. The van der Waals surface area contributed by atoms with Gasteiger partial charge in [0.15, 0.2) is 0 Å². The number of nitrogens with zero attached hydrogens (tertiary/aromatic N) is 1. The number of anilines is 1. The van der Waals surface area contributed by atoms with Crippen molar-refractivity contribution in [2.24, 2.45) is 7.05 Å². The molecule has 2 rings (SSSR count). The number of benzene rings is 1. The van der Waals surface area contributed by atoms with Crippen LogP contribution in [0.15, 0.2) is 40.2 Å². The number of sulfonamides is 1. The van der Waals surface area contributed by atoms with Gasteiger partial charge in [0.1, 0.15) is 10.6 Å². The first-order chi connectivity index (χ1) is 11.6. The molecule has 2 N–H and O–H groups in total. The van der Waals surface area contributed by atoms with Crippen molar-refractivity contribution in [3.8, 4) is 5.75 Å². The molecule has 2 aromatic rings. The topological polar surface area (TPSA) is 115 Å². The number of nitrogens with one attached hydrogen (secondary N) is 1. The van der Waals surface area contributed by atoms with Crippen molar-refractivity contribution in [3.05, 3.63) is 51.9 Å². The Morgan fingerprint density at radius 2 is 2.00 bits per heavy atom. The van der Waals surface area contributed by atoms with Crippen LogP contribution in [-0.2, 0) is 28.3 Å². The molecule has 0 bridgehead atoms. The van der Waals surface area contributed by atoms with Crippen molar-refractivity contribution in [2.45, 2.75) is 18.2 Å². The summed E-state index contributed by atoms with van der Waals surface area (Å²) in [6.07, 6.45) is 1.06. The molecule has 0 aliphatic rings. The van der Waals surface area contributed by atoms with Crippen molar-refractivity contribution in [2.75, 3.05) is 11.8 Å². The molecule has 0 unspecified atom stereocenters. The number of hydrogen-bond acceptors (Lipinski definition) is 5. The Morgan fingerprint density at radius 3 is 2.60 bits per heavy atom. The predicted molar refractivity (Wildman–Crippen MR) is 91.6 cm³/mol. The Hall–Kier alpha value is -2.81. The van der Waals surface area contributed by atoms with E-state index in [1.165, 1.54) is 49.2 Å². The third kappa shape index (κ3) is 4.18. The molecule has 0 aliphatic carbocycles. The van der Waals surface area contributed by atoms with Gasteiger partial charge in [-0.2, -0.15) is 0 Å². The van der Waals surface area contributed by atoms with Crippen molar-refractivity contribution in [1.29, 1.82) is 0 Å². The average Bonchev–Trinajstić information content (AvgIpc) is 2.52. The molecule has 25 heavy (non-hydrogen) atoms. The summed E-state index contributed by atoms with van der Waals surface area (Å²) in [5, 5.41) is 8.89. The maximum atomic E-state index is 12.7. The van der Waals surface area contributed by atoms with Gasteiger partial charge in [0, 0.05) is 19.3 Å². The van der Waals surface area contributed by atoms with Crippen LogP contribution >= 0.6 is 0 Å². The lowest BCUT2D eigenvalue weighted by molar-refractivity contribution is -0.136. The lowest BCUT2D eigenvalue weighted by atomic mass is 10.1. The first-order valence-corrected chi connectivity index (χ1v) is 8.71. The van der Waals surface area contributed by atoms with Crippen LogP contribution in [0.3, 0.4) is 0 Å². The molecule has 1 heterocycles. The minimum absolute atomic E-state index is 0.0871. The standard InChI is InChI=1S/C16H18N2O6S/c1-10-6-15(19)18(2)9-12(10)17-25(22,23)14-7-11(8-16(20)21)4-5-13(14)24-3/h4-7,9,17H,8H2,1-3H3,(H,20,21). The minimum Gasteiger partial charge on any atom is -0.495 e. The number of methoxy groups -OCH3 is 1. The van der Waals surface area contributed by atoms with Crippen molar-refractivity contribution >= 4 is 21.7 Å². The summed E-state index contributed by atoms with van der Waals surface area (Å²) >= 11 is 0. The van der Waals surface area contributed by atoms with Crippen LogP contribution in [0, 0.1) is 6.92 Å². The lowest BCUT2D eigenvalue weighted by Crippen LogP contribution is -2.20. The van der Waals surface area contributed by atoms with E-state index in [-0.39, 0.29) is 28.3 Å². The maximum Gasteiger partial charge on any atom is 0.307 e. The van der Waals surface area contributed by atoms with Crippen molar-refractivity contribution in [1.82, 2.24) is 4.57 Å². The molecule has 0 aliphatic heterocycles. The Kier molecular flexibility index (Phi) is 5.17. The second kappa shape index (κ2) is 6.98. The van der Waals surface area contributed by atoms with Gasteiger partial charge in [-0.3, -0.25) is 14.3 Å². The van der Waals surface area contributed by atoms with Gasteiger partial charge in [-0.1, -0.05) is 6.07 Å². The highest BCUT2D eigenvalue weighted by Gasteiger charge is 2.22. The molecule has 0 fully saturated rings. The molecule has 9 heteroatoms. The van der Waals surface area contributed by atoms with Gasteiger partial charge in [0.2, 0.25) is 0 Å². The van der Waals surface area contributed by atoms with Crippen LogP contribution in [0.1, 0.15) is 11.1 Å². The maximum absolute atomic E-state index is 12.7. The largest absolute Gasteiger partial charge is 0.495 e. The molecule has 1 aromatic heterocycles. The van der Waals surface area contributed by atoms with E-state index < -0.39 is 16.0 Å². The molecular weight excluding hydrogens is 348 g/mol. The van der Waals surface area contributed by atoms with Gasteiger partial charge in [-0.25, -0.2) is 8.42 Å². The minimum atomic E-state index is -4.05. The van der Waals surface area contributed by atoms with E-state index in [1.807, 2.05) is 0 Å². The zero-order valence-electron chi connectivity index (χ0n) is 13.9. The number of aryl methyl sites for hydroxylation is 2. The number of carboxylic acid groups (broad SMARTS) is 1. The smallest absolute Gasteiger partial charge is 0.307 e. The van der Waals surface area contributed by atoms with E-state index in [0.29, 0.717) is 11.1 Å². The van der Waals surface area contributed by atoms with Gasteiger partial charge < -0.3 is 14.4 Å². The fourth-order valence-corrected chi connectivity index (χ4v) is 3.58. The van der Waals surface area contributed by atoms with Gasteiger partial charge in [-0.15, -0.1) is 0 Å². The van der Waals surface area contributed by atoms with Crippen LogP contribution < -0.4 is 15.0 Å². The van der Waals surface area contributed by atoms with Gasteiger partial charge in [0.25, 0.3) is 15.6 Å². The third-order valence-electron chi connectivity index (χ3n) is 3.55. The van der Waals surface area contributed by atoms with Crippen molar-refractivity contribution in [3.63, 3.8) is 0 Å². The zero-order valence-corrected chi connectivity index (χ0v) is 14.8. The van der Waals surface area contributed by atoms with E-state index in [0.717, 1.165) is 0 Å². The number of hydrogen-bond donors (Lipinski definition) is 2. The van der Waals surface area contributed by atoms with Crippen molar-refractivity contribution < 1.29 is 23.1 Å². The summed E-state index contributed by atoms with van der Waals surface area (Å²) in [5.41, 5.74) is 0.771. The molecule has 134 valence electrons. The highest BCUT2D eigenvalue weighted by molar-refractivity contribution is 7.92. The molecule has 8 nitrogen and oxygen atoms in total. The van der Waals surface area contributed by atoms with Crippen LogP contribution in [-0.4, -0.2) is 31.2 Å². The second-order valence-electron chi connectivity index (χ2n) is 5.48. The number of ether oxygens (including phenoxy) is 1. The highest BCUT2D eigenvalue weighted by Crippen LogP contribution is 2.27. The van der Waals surface area contributed by atoms with E-state index in [2.05, 4.69) is 4.72 Å². The highest BCUT2D eigenvalue weighted by atomic mass is 32.2. The predicted octanol–water partition coefficient (Wildman–Crippen LogP) is 1.13. The summed E-state index contributed by atoms with van der Waals surface area (Å²) in [6.45, 7) is 1.61. The zero-order chi connectivity index (χ0) is 18.8. The number of carboxylic acids is 1. The van der Waals surface area contributed by atoms with E-state index in [1.54, 1.807) is 6.92 Å². The van der Waals surface area contributed by atoms with Gasteiger partial charge in [0.05, 0.1) is 19.2 Å². The Labute approximate surface area is 144 Å². The Bertz CT molecular complexity index is 979. The van der Waals surface area contributed by atoms with Crippen LogP contribution in [0.4, 0.5) is 5.69 Å². The van der Waals surface area contributed by atoms with Gasteiger partial charge in [-0.05, 0) is 30.2 Å². The molecule has 0 radical (unpaired) electrons. The second-order valence-corrected chi connectivity index (χ2v) is 7.13. The summed E-state index contributed by atoms with van der Waals surface area (Å²) in [7, 11) is -1.22. The van der Waals surface area contributed by atoms with E-state index in [4.69, 9.17) is 9.84 Å². The number of aliphatic carboxylic acids is 1. The number of carbonyl (C=O) groups is 1. The molecule has 0 saturated heterocycles. The molecule has 1 aromatic carbocycles. The van der Waals surface area contributed by atoms with Crippen LogP contribution in [0.5, 0.6) is 5.75 Å². The fourth-order valence-electron chi connectivity index (χ4n) is 2.25. The summed E-state index contributed by atoms with van der Waals surface area (Å²) in [5.74, 6) is -0.987. The Morgan fingerprint density at radius 1 is 1.32 bits per heavy atom. The summed E-state index contributed by atoms with van der Waals surface area (Å²) in [6, 6.07) is 5.46. The number of aromatic nitrogens is 1. The Balaban J connectivity index is 2.50. The molecule has 0 saturated carbocycles. The van der Waals surface area contributed by atoms with Crippen LogP contribution in [0.2, 0.25) is 0 Å². The first-order valence-electron chi connectivity index (χ1n) is 7.23. The van der Waals surface area contributed by atoms with E-state index in [9.17, 15) is 18.0 Å². The summed E-state index contributed by atoms with van der Waals surface area (Å²) < 4.78 is 34.2. The summed E-state index contributed by atoms with van der Waals surface area (Å²) in [4.78, 5) is 22.3. The fraction of sp³-hybridized carbons (Fsp3) is 0.250.